The molecule has 0 rings (SSSR count). The van der Waals surface area contributed by atoms with Crippen LogP contribution in [0.3, 0.4) is 0 Å². The van der Waals surface area contributed by atoms with Crippen molar-refractivity contribution < 1.29 is 0 Å². The van der Waals surface area contributed by atoms with E-state index >= 15 is 0 Å². The molecule has 1 unspecified atom stereocenters. The zero-order chi connectivity index (χ0) is 18.9. The van der Waals surface area contributed by atoms with Gasteiger partial charge in [-0.25, -0.2) is 0 Å². The maximum absolute atomic E-state index is 4.21. The van der Waals surface area contributed by atoms with Gasteiger partial charge in [0.05, 0.1) is 0 Å². The van der Waals surface area contributed by atoms with Crippen molar-refractivity contribution in [2.45, 2.75) is 121 Å². The van der Waals surface area contributed by atoms with Gasteiger partial charge in [-0.1, -0.05) is 0 Å². The molecule has 0 aliphatic rings. The van der Waals surface area contributed by atoms with Gasteiger partial charge in [0.25, 0.3) is 0 Å². The second-order valence-corrected chi connectivity index (χ2v) is 31.1. The Morgan fingerprint density at radius 3 is 1.50 bits per heavy atom. The molecule has 0 aromatic heterocycles. The summed E-state index contributed by atoms with van der Waals surface area (Å²) in [7, 11) is -1.32. The van der Waals surface area contributed by atoms with Crippen LogP contribution in [0, 0.1) is 0 Å². The Bertz CT molecular complexity index is 319. The molecule has 0 heterocycles. The molecular formula is C22H48SiSn. The molecule has 0 radical (unpaired) electrons. The Hall–Kier alpha value is 0.756. The van der Waals surface area contributed by atoms with Crippen LogP contribution >= 0.6 is 0 Å². The molecule has 0 nitrogen and oxygen atoms in total. The molecule has 24 heavy (non-hydrogen) atoms. The predicted octanol–water partition coefficient (Wildman–Crippen LogP) is 8.83. The summed E-state index contributed by atoms with van der Waals surface area (Å²) in [5, 5.41) is 0.507. The van der Waals surface area contributed by atoms with E-state index in [0.29, 0.717) is 5.04 Å². The Morgan fingerprint density at radius 1 is 0.875 bits per heavy atom. The standard InChI is InChI=1S/C10H21Si.3C4H9.Sn/c1-7-8-9-11(5,6)10(2,3)4;3*1-3-4-2;/h7,9H,1,8H2,2-6H3;3*1,3-4H2,2H3;. The first-order valence-electron chi connectivity index (χ1n) is 10.7. The average molecular weight is 459 g/mol. The molecule has 0 spiro atoms. The van der Waals surface area contributed by atoms with E-state index in [1.807, 2.05) is 0 Å². The van der Waals surface area contributed by atoms with Crippen molar-refractivity contribution in [2.75, 3.05) is 0 Å². The molecule has 1 atom stereocenters. The van der Waals surface area contributed by atoms with E-state index in [1.165, 1.54) is 44.9 Å². The molecule has 0 saturated heterocycles. The first-order valence-corrected chi connectivity index (χ1v) is 21.5. The monoisotopic (exact) mass is 460 g/mol. The van der Waals surface area contributed by atoms with Gasteiger partial charge >= 0.3 is 161 Å². The van der Waals surface area contributed by atoms with Crippen LogP contribution < -0.4 is 0 Å². The van der Waals surface area contributed by atoms with Crippen molar-refractivity contribution in [1.29, 1.82) is 0 Å². The first kappa shape index (κ1) is 24.8. The van der Waals surface area contributed by atoms with Gasteiger partial charge in [-0.3, -0.25) is 0 Å². The van der Waals surface area contributed by atoms with Gasteiger partial charge in [-0.05, 0) is 0 Å². The van der Waals surface area contributed by atoms with E-state index in [-0.39, 0.29) is 0 Å². The molecule has 0 aromatic carbocycles. The molecule has 0 N–H and O–H groups in total. The van der Waals surface area contributed by atoms with Gasteiger partial charge < -0.3 is 0 Å². The summed E-state index contributed by atoms with van der Waals surface area (Å²) in [5.74, 6) is 0. The second-order valence-electron chi connectivity index (χ2n) is 9.72. The van der Waals surface area contributed by atoms with Crippen molar-refractivity contribution in [3.63, 3.8) is 0 Å². The molecule has 0 aliphatic heterocycles. The summed E-state index contributed by atoms with van der Waals surface area (Å²) >= 11 is -2.19. The van der Waals surface area contributed by atoms with Crippen molar-refractivity contribution in [3.8, 4) is 0 Å². The fraction of sp³-hybridized carbons (Fsp3) is 0.909. The summed E-state index contributed by atoms with van der Waals surface area (Å²) in [5.41, 5.74) is 0. The number of unbranched alkanes of at least 4 members (excludes halogenated alkanes) is 3. The average Bonchev–Trinajstić information content (AvgIpc) is 2.51. The van der Waals surface area contributed by atoms with Crippen LogP contribution in [0.15, 0.2) is 12.7 Å². The van der Waals surface area contributed by atoms with E-state index in [1.54, 1.807) is 13.3 Å². The predicted molar refractivity (Wildman–Crippen MR) is 121 cm³/mol. The minimum atomic E-state index is -2.19. The van der Waals surface area contributed by atoms with Crippen molar-refractivity contribution in [2.24, 2.45) is 0 Å². The van der Waals surface area contributed by atoms with Crippen LogP contribution in [-0.2, 0) is 0 Å². The van der Waals surface area contributed by atoms with Gasteiger partial charge in [0.15, 0.2) is 0 Å². The normalized spacial score (nSPS) is 14.7. The Morgan fingerprint density at radius 2 is 1.25 bits per heavy atom. The van der Waals surface area contributed by atoms with Gasteiger partial charge in [0.2, 0.25) is 0 Å². The SMILES string of the molecule is C=CC[CH]([Si](C)(C)C(C)(C)C)[Sn]([CH2]CCC)([CH2]CCC)[CH2]CCC. The van der Waals surface area contributed by atoms with E-state index in [2.05, 4.69) is 67.3 Å². The summed E-state index contributed by atoms with van der Waals surface area (Å²) in [6.45, 7) is 24.4. The van der Waals surface area contributed by atoms with Crippen LogP contribution in [-0.4, -0.2) is 26.5 Å². The minimum absolute atomic E-state index is 0.507. The van der Waals surface area contributed by atoms with Gasteiger partial charge in [-0.2, -0.15) is 0 Å². The second kappa shape index (κ2) is 11.5. The molecule has 0 bridgehead atoms. The molecule has 0 amide bonds. The molecule has 0 fully saturated rings. The van der Waals surface area contributed by atoms with Gasteiger partial charge in [0.1, 0.15) is 0 Å². The first-order chi connectivity index (χ1) is 11.1. The molecule has 0 saturated carbocycles. The van der Waals surface area contributed by atoms with E-state index in [9.17, 15) is 0 Å². The summed E-state index contributed by atoms with van der Waals surface area (Å²) < 4.78 is 6.02. The molecule has 0 aliphatic carbocycles. The third-order valence-electron chi connectivity index (χ3n) is 7.03. The van der Waals surface area contributed by atoms with Crippen LogP contribution in [0.25, 0.3) is 0 Å². The maximum atomic E-state index is 4.21. The zero-order valence-corrected chi connectivity index (χ0v) is 22.3. The van der Waals surface area contributed by atoms with E-state index in [4.69, 9.17) is 0 Å². The molecule has 144 valence electrons. The summed E-state index contributed by atoms with van der Waals surface area (Å²) in [4.78, 5) is 0. The Kier molecular flexibility index (Phi) is 11.8. The van der Waals surface area contributed by atoms with E-state index < -0.39 is 26.5 Å². The Labute approximate surface area is 160 Å². The summed E-state index contributed by atoms with van der Waals surface area (Å²) in [6.07, 6.45) is 12.2. The van der Waals surface area contributed by atoms with Crippen LogP contribution in [0.1, 0.15) is 86.5 Å². The number of allylic oxidation sites excluding steroid dienone is 1. The number of hydrogen-bond donors (Lipinski definition) is 0. The number of hydrogen-bond acceptors (Lipinski definition) is 0. The van der Waals surface area contributed by atoms with Crippen molar-refractivity contribution in [3.05, 3.63) is 12.7 Å². The van der Waals surface area contributed by atoms with Crippen LogP contribution in [0.5, 0.6) is 0 Å². The third-order valence-corrected chi connectivity index (χ3v) is 39.6. The molecule has 2 heteroatoms. The quantitative estimate of drug-likeness (QED) is 0.191. The van der Waals surface area contributed by atoms with Crippen molar-refractivity contribution >= 4 is 26.5 Å². The Balaban J connectivity index is 5.95. The van der Waals surface area contributed by atoms with Gasteiger partial charge in [-0.15, -0.1) is 0 Å². The topological polar surface area (TPSA) is 0 Å². The van der Waals surface area contributed by atoms with E-state index in [0.717, 1.165) is 3.56 Å². The zero-order valence-electron chi connectivity index (χ0n) is 18.4. The fourth-order valence-electron chi connectivity index (χ4n) is 4.48. The van der Waals surface area contributed by atoms with Gasteiger partial charge in [0, 0.05) is 0 Å². The van der Waals surface area contributed by atoms with Crippen LogP contribution in [0.4, 0.5) is 0 Å². The van der Waals surface area contributed by atoms with Crippen molar-refractivity contribution in [1.82, 2.24) is 0 Å². The molecule has 0 aromatic rings. The summed E-state index contributed by atoms with van der Waals surface area (Å²) in [6, 6.07) is 0. The molecular weight excluding hydrogens is 411 g/mol. The fourth-order valence-corrected chi connectivity index (χ4v) is 43.6. The number of rotatable bonds is 13. The van der Waals surface area contributed by atoms with Crippen LogP contribution in [0.2, 0.25) is 35.0 Å². The third kappa shape index (κ3) is 6.81.